The van der Waals surface area contributed by atoms with Crippen molar-refractivity contribution in [1.29, 1.82) is 0 Å². The second-order valence-electron chi connectivity index (χ2n) is 14.2. The summed E-state index contributed by atoms with van der Waals surface area (Å²) in [5, 5.41) is 84.2. The van der Waals surface area contributed by atoms with Gasteiger partial charge in [0.1, 0.15) is 30.8 Å². The van der Waals surface area contributed by atoms with Gasteiger partial charge in [-0.2, -0.15) is 0 Å². The van der Waals surface area contributed by atoms with Crippen LogP contribution in [0.3, 0.4) is 0 Å². The molecule has 6 aliphatic rings. The van der Waals surface area contributed by atoms with E-state index in [1.807, 2.05) is 0 Å². The van der Waals surface area contributed by atoms with Crippen molar-refractivity contribution in [2.75, 3.05) is 7.11 Å². The van der Waals surface area contributed by atoms with Gasteiger partial charge < -0.3 is 64.2 Å². The smallest absolute Gasteiger partial charge is 0.301 e. The lowest BCUT2D eigenvalue weighted by molar-refractivity contribution is -0.386. The molecule has 2 saturated heterocycles. The zero-order chi connectivity index (χ0) is 33.5. The van der Waals surface area contributed by atoms with Gasteiger partial charge in [0, 0.05) is 38.7 Å². The van der Waals surface area contributed by atoms with E-state index in [9.17, 15) is 40.5 Å². The zero-order valence-electron chi connectivity index (χ0n) is 26.6. The summed E-state index contributed by atoms with van der Waals surface area (Å²) < 4.78 is 28.6. The number of ether oxygens (including phenoxy) is 5. The highest BCUT2D eigenvalue weighted by Gasteiger charge is 2.62. The number of aliphatic imine (C=N–C) groups is 1. The molecule has 3 saturated carbocycles. The van der Waals surface area contributed by atoms with Crippen molar-refractivity contribution in [1.82, 2.24) is 0 Å². The number of aliphatic carboxylic acids is 1. The molecule has 6 rings (SSSR count). The molecule has 15 heteroatoms. The number of carboxylic acid groups (broad SMARTS) is 1. The maximum Gasteiger partial charge on any atom is 0.301 e. The van der Waals surface area contributed by atoms with Crippen LogP contribution in [-0.4, -0.2) is 133 Å². The van der Waals surface area contributed by atoms with Gasteiger partial charge in [-0.05, 0) is 38.5 Å². The van der Waals surface area contributed by atoms with E-state index < -0.39 is 84.8 Å². The number of aliphatic hydroxyl groups excluding tert-OH is 4. The van der Waals surface area contributed by atoms with Crippen LogP contribution >= 0.6 is 0 Å². The lowest BCUT2D eigenvalue weighted by Gasteiger charge is -2.52. The summed E-state index contributed by atoms with van der Waals surface area (Å²) >= 11 is 0. The Morgan fingerprint density at radius 2 is 1.81 bits per heavy atom. The minimum absolute atomic E-state index is 0.0927. The minimum atomic E-state index is -2.54. The highest BCUT2D eigenvalue weighted by Crippen LogP contribution is 2.45. The van der Waals surface area contributed by atoms with Gasteiger partial charge in [-0.15, -0.1) is 0 Å². The maximum absolute atomic E-state index is 12.2. The van der Waals surface area contributed by atoms with Crippen molar-refractivity contribution in [3.8, 4) is 0 Å². The summed E-state index contributed by atoms with van der Waals surface area (Å²) in [6, 6.07) is 0.159. The van der Waals surface area contributed by atoms with E-state index in [0.29, 0.717) is 32.1 Å². The molecule has 0 aromatic heterocycles. The highest BCUT2D eigenvalue weighted by molar-refractivity contribution is 5.82. The Labute approximate surface area is 274 Å². The fraction of sp³-hybridized carbons (Fsp3) is 0.875. The number of nitrogens with zero attached hydrogens (tertiary/aromatic N) is 2. The number of hydrogen-bond acceptors (Lipinski definition) is 13. The Hall–Kier alpha value is -1.60. The molecule has 0 radical (unpaired) electrons. The number of aliphatic hydroxyl groups is 8. The lowest BCUT2D eigenvalue weighted by Crippen LogP contribution is -2.71. The van der Waals surface area contributed by atoms with Gasteiger partial charge in [0.05, 0.1) is 43.0 Å². The molecule has 264 valence electrons. The van der Waals surface area contributed by atoms with Gasteiger partial charge in [-0.25, -0.2) is 0 Å². The van der Waals surface area contributed by atoms with Gasteiger partial charge >= 0.3 is 6.21 Å². The third-order valence-electron chi connectivity index (χ3n) is 11.3. The van der Waals surface area contributed by atoms with E-state index in [2.05, 4.69) is 10.3 Å². The quantitative estimate of drug-likeness (QED) is 0.0930. The van der Waals surface area contributed by atoms with E-state index in [4.69, 9.17) is 23.7 Å². The molecule has 3 heterocycles. The second kappa shape index (κ2) is 14.3. The number of carboxylic acids is 1. The predicted molar refractivity (Wildman–Crippen MR) is 160 cm³/mol. The van der Waals surface area contributed by atoms with E-state index in [-0.39, 0.29) is 30.6 Å². The standard InChI is InChI=1S/C32H48N2O13/c1-43-18-7-5-16(6-8-18)20-11-19(35)23-21(44-20)12-22(26(24(23)36)47-31(41)9-3-2-4-10-31)45-30-25(37)27(38)32(42,28(46-30)29(39)40)13-17-14-33-15-34-17/h14-16,18-28,30,35-38,41-42H,2-13H2,1H3/p+1. The number of rotatable bonds is 9. The predicted octanol–water partition coefficient (Wildman–Crippen LogP) is -1.55. The SMILES string of the molecule is COC1CCC(C2CC(O)C3C(CC(OC4OC(C(=O)[O-])C(O)(C[C+]5C=N[CH+][N-]5)C(O)C4O)C(OC4(O)CCCCC4)C3O)[OH+]2)CC1. The summed E-state index contributed by atoms with van der Waals surface area (Å²) in [5.74, 6) is -3.90. The molecule has 0 spiro atoms. The van der Waals surface area contributed by atoms with Gasteiger partial charge in [0.15, 0.2) is 35.9 Å². The van der Waals surface area contributed by atoms with Gasteiger partial charge in [-0.3, -0.25) is 5.32 Å². The molecule has 5 fully saturated rings. The van der Waals surface area contributed by atoms with Crippen molar-refractivity contribution >= 4 is 12.2 Å². The van der Waals surface area contributed by atoms with Crippen molar-refractivity contribution in [2.45, 2.75) is 156 Å². The van der Waals surface area contributed by atoms with Crippen LogP contribution in [0.25, 0.3) is 5.32 Å². The second-order valence-corrected chi connectivity index (χ2v) is 14.2. The monoisotopic (exact) mass is 669 g/mol. The number of fused-ring (bicyclic) bond motifs is 1. The summed E-state index contributed by atoms with van der Waals surface area (Å²) in [6.07, 6.45) is -5.29. The summed E-state index contributed by atoms with van der Waals surface area (Å²) in [5.41, 5.74) is -2.54. The maximum atomic E-state index is 12.2. The summed E-state index contributed by atoms with van der Waals surface area (Å²) in [4.78, 5) is 16.0. The van der Waals surface area contributed by atoms with E-state index in [1.54, 1.807) is 7.11 Å². The van der Waals surface area contributed by atoms with Crippen molar-refractivity contribution < 1.29 is 64.2 Å². The normalized spacial score (nSPS) is 46.9. The third kappa shape index (κ3) is 7.19. The lowest BCUT2D eigenvalue weighted by atomic mass is 9.71. The van der Waals surface area contributed by atoms with Crippen molar-refractivity contribution in [3.63, 3.8) is 0 Å². The first kappa shape index (κ1) is 35.2. The van der Waals surface area contributed by atoms with E-state index >= 15 is 0 Å². The van der Waals surface area contributed by atoms with E-state index in [0.717, 1.165) is 32.1 Å². The van der Waals surface area contributed by atoms with Gasteiger partial charge in [0.2, 0.25) is 0 Å². The van der Waals surface area contributed by atoms with Crippen molar-refractivity contribution in [2.24, 2.45) is 16.8 Å². The molecule has 15 nitrogen and oxygen atoms in total. The van der Waals surface area contributed by atoms with Crippen LogP contribution in [0, 0.1) is 24.5 Å². The molecule has 7 N–H and O–H groups in total. The summed E-state index contributed by atoms with van der Waals surface area (Å²) in [7, 11) is 1.70. The first-order chi connectivity index (χ1) is 22.4. The van der Waals surface area contributed by atoms with Crippen LogP contribution in [0.5, 0.6) is 0 Å². The average molecular weight is 670 g/mol. The van der Waals surface area contributed by atoms with Crippen molar-refractivity contribution in [3.05, 3.63) is 18.0 Å². The zero-order valence-corrected chi connectivity index (χ0v) is 26.6. The molecule has 12 atom stereocenters. The Kier molecular flexibility index (Phi) is 10.7. The number of carbonyl (C=O) groups excluding carboxylic acids is 1. The van der Waals surface area contributed by atoms with Gasteiger partial charge in [-0.1, -0.05) is 11.4 Å². The molecule has 47 heavy (non-hydrogen) atoms. The molecule has 0 bridgehead atoms. The van der Waals surface area contributed by atoms with Crippen LogP contribution in [0.4, 0.5) is 0 Å². The van der Waals surface area contributed by atoms with Crippen LogP contribution in [0.1, 0.15) is 77.0 Å². The van der Waals surface area contributed by atoms with Gasteiger partial charge in [0.25, 0.3) is 0 Å². The molecule has 3 aliphatic heterocycles. The number of hydrogen-bond donors (Lipinski definition) is 6. The first-order valence-electron chi connectivity index (χ1n) is 16.9. The highest BCUT2D eigenvalue weighted by atomic mass is 16.7. The molecular formula is C32H49N2O13+. The fourth-order valence-corrected chi connectivity index (χ4v) is 8.64. The Bertz CT molecular complexity index is 1100. The molecule has 0 aromatic carbocycles. The fourth-order valence-electron chi connectivity index (χ4n) is 8.64. The first-order valence-corrected chi connectivity index (χ1v) is 16.9. The largest absolute Gasteiger partial charge is 0.547 e. The van der Waals surface area contributed by atoms with Crippen LogP contribution in [0.15, 0.2) is 4.99 Å². The molecule has 12 unspecified atom stereocenters. The summed E-state index contributed by atoms with van der Waals surface area (Å²) in [6.45, 7) is 1.19. The Morgan fingerprint density at radius 1 is 1.09 bits per heavy atom. The Balaban J connectivity index is 1.23. The number of carbonyl (C=O) groups is 1. The molecular weight excluding hydrogens is 620 g/mol. The molecule has 0 amide bonds. The minimum Gasteiger partial charge on any atom is -0.547 e. The van der Waals surface area contributed by atoms with Crippen LogP contribution in [-0.2, 0) is 23.7 Å². The van der Waals surface area contributed by atoms with E-state index in [1.165, 1.54) is 12.9 Å². The topological polar surface area (TPSA) is 238 Å². The molecule has 0 aromatic rings. The number of methoxy groups -OCH3 is 1. The average Bonchev–Trinajstić information content (AvgIpc) is 3.56. The molecule has 3 aliphatic carbocycles. The third-order valence-corrected chi connectivity index (χ3v) is 11.3. The van der Waals surface area contributed by atoms with Crippen LogP contribution in [0.2, 0.25) is 0 Å². The Morgan fingerprint density at radius 3 is 2.45 bits per heavy atom. The van der Waals surface area contributed by atoms with Crippen LogP contribution < -0.4 is 5.11 Å².